The zero-order chi connectivity index (χ0) is 18.2. The van der Waals surface area contributed by atoms with E-state index in [1.807, 2.05) is 6.92 Å². The number of halogens is 1. The van der Waals surface area contributed by atoms with Gasteiger partial charge in [-0.1, -0.05) is 30.7 Å². The Labute approximate surface area is 151 Å². The van der Waals surface area contributed by atoms with Crippen LogP contribution in [0.5, 0.6) is 5.75 Å². The normalized spacial score (nSPS) is 11.5. The number of ether oxygens (including phenoxy) is 2. The lowest BCUT2D eigenvalue weighted by atomic mass is 10.2. The molecule has 0 aliphatic rings. The highest BCUT2D eigenvalue weighted by Crippen LogP contribution is 2.24. The van der Waals surface area contributed by atoms with Crippen LogP contribution in [0.4, 0.5) is 5.69 Å². The summed E-state index contributed by atoms with van der Waals surface area (Å²) in [7, 11) is 0. The fourth-order valence-corrected chi connectivity index (χ4v) is 2.18. The minimum atomic E-state index is -0.728. The Hall–Kier alpha value is -2.53. The van der Waals surface area contributed by atoms with Crippen LogP contribution in [0.15, 0.2) is 48.5 Å². The number of hydrogen-bond acceptors (Lipinski definition) is 4. The Bertz CT molecular complexity index is 730. The fraction of sp³-hybridized carbons (Fsp3) is 0.263. The highest BCUT2D eigenvalue weighted by molar-refractivity contribution is 6.32. The number of esters is 1. The van der Waals surface area contributed by atoms with Gasteiger partial charge in [-0.2, -0.15) is 0 Å². The van der Waals surface area contributed by atoms with Gasteiger partial charge in [0.15, 0.2) is 6.10 Å². The van der Waals surface area contributed by atoms with Crippen molar-refractivity contribution in [3.8, 4) is 5.75 Å². The Morgan fingerprint density at radius 1 is 1.12 bits per heavy atom. The van der Waals surface area contributed by atoms with E-state index < -0.39 is 6.10 Å². The predicted octanol–water partition coefficient (Wildman–Crippen LogP) is 4.31. The van der Waals surface area contributed by atoms with Crippen LogP contribution in [-0.2, 0) is 9.53 Å². The molecule has 0 heterocycles. The Morgan fingerprint density at radius 2 is 1.80 bits per heavy atom. The summed E-state index contributed by atoms with van der Waals surface area (Å²) in [6.07, 6.45) is 0.0394. The van der Waals surface area contributed by atoms with E-state index in [0.29, 0.717) is 28.6 Å². The van der Waals surface area contributed by atoms with E-state index in [2.05, 4.69) is 5.32 Å². The summed E-state index contributed by atoms with van der Waals surface area (Å²) in [4.78, 5) is 24.0. The predicted molar refractivity (Wildman–Crippen MR) is 97.2 cm³/mol. The maximum absolute atomic E-state index is 12.2. The molecule has 2 aromatic carbocycles. The van der Waals surface area contributed by atoms with Gasteiger partial charge in [0.2, 0.25) is 0 Å². The van der Waals surface area contributed by atoms with Gasteiger partial charge in [-0.25, -0.2) is 4.79 Å². The molecule has 5 nitrogen and oxygen atoms in total. The van der Waals surface area contributed by atoms with Crippen molar-refractivity contribution >= 4 is 29.2 Å². The third-order valence-corrected chi connectivity index (χ3v) is 3.65. The summed E-state index contributed by atoms with van der Waals surface area (Å²) < 4.78 is 10.6. The van der Waals surface area contributed by atoms with E-state index in [4.69, 9.17) is 21.1 Å². The third-order valence-electron chi connectivity index (χ3n) is 3.34. The third kappa shape index (κ3) is 5.50. The van der Waals surface area contributed by atoms with Crippen molar-refractivity contribution in [2.45, 2.75) is 26.4 Å². The molecule has 132 valence electrons. The second-order valence-corrected chi connectivity index (χ2v) is 5.80. The van der Waals surface area contributed by atoms with Crippen molar-refractivity contribution in [2.75, 3.05) is 11.9 Å². The van der Waals surface area contributed by atoms with Crippen molar-refractivity contribution in [1.82, 2.24) is 0 Å². The molecule has 0 saturated carbocycles. The van der Waals surface area contributed by atoms with E-state index in [1.165, 1.54) is 0 Å². The first-order chi connectivity index (χ1) is 12.0. The van der Waals surface area contributed by atoms with Crippen molar-refractivity contribution in [1.29, 1.82) is 0 Å². The number of hydrogen-bond donors (Lipinski definition) is 1. The molecule has 1 amide bonds. The van der Waals surface area contributed by atoms with Crippen LogP contribution >= 0.6 is 11.6 Å². The van der Waals surface area contributed by atoms with Crippen molar-refractivity contribution in [3.63, 3.8) is 0 Å². The second-order valence-electron chi connectivity index (χ2n) is 5.39. The Morgan fingerprint density at radius 3 is 2.44 bits per heavy atom. The van der Waals surface area contributed by atoms with E-state index in [-0.39, 0.29) is 11.9 Å². The zero-order valence-electron chi connectivity index (χ0n) is 14.1. The van der Waals surface area contributed by atoms with Crippen molar-refractivity contribution < 1.29 is 19.1 Å². The van der Waals surface area contributed by atoms with E-state index >= 15 is 0 Å². The van der Waals surface area contributed by atoms with Crippen LogP contribution in [0, 0.1) is 0 Å². The molecule has 0 aromatic heterocycles. The number of benzene rings is 2. The molecule has 1 unspecified atom stereocenters. The van der Waals surface area contributed by atoms with Crippen molar-refractivity contribution in [3.05, 3.63) is 59.1 Å². The molecular formula is C19H20ClNO4. The first-order valence-corrected chi connectivity index (χ1v) is 8.38. The molecule has 1 N–H and O–H groups in total. The molecule has 0 radical (unpaired) electrons. The lowest BCUT2D eigenvalue weighted by molar-refractivity contribution is -0.122. The lowest BCUT2D eigenvalue weighted by Gasteiger charge is -2.15. The SMILES string of the molecule is CCCOC(=O)c1ccc(NC(=O)C(C)Oc2ccccc2Cl)cc1. The van der Waals surface area contributed by atoms with E-state index in [0.717, 1.165) is 6.42 Å². The molecule has 1 atom stereocenters. The van der Waals surface area contributed by atoms with Gasteiger partial charge in [0.1, 0.15) is 5.75 Å². The summed E-state index contributed by atoms with van der Waals surface area (Å²) in [6, 6.07) is 13.4. The van der Waals surface area contributed by atoms with Gasteiger partial charge in [0, 0.05) is 5.69 Å². The minimum absolute atomic E-state index is 0.318. The van der Waals surface area contributed by atoms with Crippen LogP contribution in [0.3, 0.4) is 0 Å². The standard InChI is InChI=1S/C19H20ClNO4/c1-3-12-24-19(23)14-8-10-15(11-9-14)21-18(22)13(2)25-17-7-5-4-6-16(17)20/h4-11,13H,3,12H2,1-2H3,(H,21,22). The summed E-state index contributed by atoms with van der Waals surface area (Å²) in [5, 5.41) is 3.17. The Kier molecular flexibility index (Phi) is 6.83. The van der Waals surface area contributed by atoms with E-state index in [9.17, 15) is 9.59 Å². The van der Waals surface area contributed by atoms with Crippen LogP contribution in [0.2, 0.25) is 5.02 Å². The summed E-state index contributed by atoms with van der Waals surface area (Å²) in [5.74, 6) is -0.253. The number of carbonyl (C=O) groups excluding carboxylic acids is 2. The maximum atomic E-state index is 12.2. The molecule has 0 aliphatic carbocycles. The fourth-order valence-electron chi connectivity index (χ4n) is 2.00. The Balaban J connectivity index is 1.93. The lowest BCUT2D eigenvalue weighted by Crippen LogP contribution is -2.30. The quantitative estimate of drug-likeness (QED) is 0.746. The number of para-hydroxylation sites is 1. The van der Waals surface area contributed by atoms with Crippen LogP contribution < -0.4 is 10.1 Å². The van der Waals surface area contributed by atoms with Gasteiger partial charge in [0.05, 0.1) is 17.2 Å². The molecule has 2 rings (SSSR count). The number of rotatable bonds is 7. The number of carbonyl (C=O) groups is 2. The molecule has 2 aromatic rings. The first-order valence-electron chi connectivity index (χ1n) is 8.00. The maximum Gasteiger partial charge on any atom is 0.338 e. The van der Waals surface area contributed by atoms with E-state index in [1.54, 1.807) is 55.5 Å². The van der Waals surface area contributed by atoms with Crippen LogP contribution in [0.25, 0.3) is 0 Å². The van der Waals surface area contributed by atoms with Crippen LogP contribution in [0.1, 0.15) is 30.6 Å². The average Bonchev–Trinajstić information content (AvgIpc) is 2.62. The van der Waals surface area contributed by atoms with Crippen molar-refractivity contribution in [2.24, 2.45) is 0 Å². The molecule has 0 aliphatic heterocycles. The molecule has 0 saturated heterocycles. The summed E-state index contributed by atoms with van der Waals surface area (Å²) in [5.41, 5.74) is 0.999. The summed E-state index contributed by atoms with van der Waals surface area (Å²) >= 11 is 6.02. The summed E-state index contributed by atoms with van der Waals surface area (Å²) in [6.45, 7) is 3.95. The number of nitrogens with one attached hydrogen (secondary N) is 1. The smallest absolute Gasteiger partial charge is 0.338 e. The van der Waals surface area contributed by atoms with Gasteiger partial charge in [-0.05, 0) is 49.7 Å². The zero-order valence-corrected chi connectivity index (χ0v) is 14.9. The molecule has 6 heteroatoms. The van der Waals surface area contributed by atoms with Gasteiger partial charge < -0.3 is 14.8 Å². The minimum Gasteiger partial charge on any atom is -0.479 e. The molecule has 25 heavy (non-hydrogen) atoms. The molecule has 0 spiro atoms. The first kappa shape index (κ1) is 18.8. The van der Waals surface area contributed by atoms with Gasteiger partial charge in [0.25, 0.3) is 5.91 Å². The van der Waals surface area contributed by atoms with Crippen LogP contribution in [-0.4, -0.2) is 24.6 Å². The van der Waals surface area contributed by atoms with Gasteiger partial charge in [-0.15, -0.1) is 0 Å². The monoisotopic (exact) mass is 361 g/mol. The number of anilines is 1. The second kappa shape index (κ2) is 9.08. The van der Waals surface area contributed by atoms with Gasteiger partial charge in [-0.3, -0.25) is 4.79 Å². The highest BCUT2D eigenvalue weighted by atomic mass is 35.5. The molecule has 0 fully saturated rings. The topological polar surface area (TPSA) is 64.6 Å². The van der Waals surface area contributed by atoms with Gasteiger partial charge >= 0.3 is 5.97 Å². The average molecular weight is 362 g/mol. The largest absolute Gasteiger partial charge is 0.479 e. The molecular weight excluding hydrogens is 342 g/mol. The highest BCUT2D eigenvalue weighted by Gasteiger charge is 2.16. The number of amides is 1. The molecule has 0 bridgehead atoms.